The van der Waals surface area contributed by atoms with E-state index in [9.17, 15) is 14.7 Å². The number of benzene rings is 1. The summed E-state index contributed by atoms with van der Waals surface area (Å²) in [5.74, 6) is -0.659. The van der Waals surface area contributed by atoms with E-state index in [-0.39, 0.29) is 42.8 Å². The molecule has 0 aliphatic carbocycles. The van der Waals surface area contributed by atoms with Gasteiger partial charge in [0.25, 0.3) is 0 Å². The van der Waals surface area contributed by atoms with Crippen molar-refractivity contribution in [2.24, 2.45) is 5.92 Å². The second-order valence-corrected chi connectivity index (χ2v) is 6.48. The van der Waals surface area contributed by atoms with Crippen molar-refractivity contribution in [3.05, 3.63) is 48.6 Å². The van der Waals surface area contributed by atoms with Crippen LogP contribution in [0.25, 0.3) is 0 Å². The molecule has 1 saturated heterocycles. The maximum absolute atomic E-state index is 11.4. The fourth-order valence-corrected chi connectivity index (χ4v) is 3.27. The lowest BCUT2D eigenvalue weighted by atomic mass is 10.1. The minimum Gasteiger partial charge on any atom is -0.480 e. The van der Waals surface area contributed by atoms with Gasteiger partial charge in [0.2, 0.25) is 5.91 Å². The molecular weight excluding hydrogens is 389 g/mol. The maximum Gasteiger partial charge on any atom is 0.320 e. The van der Waals surface area contributed by atoms with Crippen molar-refractivity contribution in [2.75, 3.05) is 19.6 Å². The monoisotopic (exact) mass is 417 g/mol. The molecule has 0 bridgehead atoms. The third kappa shape index (κ3) is 8.30. The molecule has 1 heterocycles. The number of aliphatic carboxylic acids is 1. The number of rotatable bonds is 9. The van der Waals surface area contributed by atoms with Crippen LogP contribution in [0, 0.1) is 5.92 Å². The van der Waals surface area contributed by atoms with Gasteiger partial charge in [0.15, 0.2) is 0 Å². The molecule has 152 valence electrons. The number of likely N-dealkylation sites (tertiary alicyclic amines) is 1. The fourth-order valence-electron chi connectivity index (χ4n) is 3.27. The minimum atomic E-state index is -0.785. The predicted octanol–water partition coefficient (Wildman–Crippen LogP) is 2.09. The Balaban J connectivity index is 0.00000338. The molecule has 1 aromatic carbocycles. The van der Waals surface area contributed by atoms with Gasteiger partial charge < -0.3 is 10.4 Å². The molecule has 1 amide bonds. The summed E-state index contributed by atoms with van der Waals surface area (Å²) in [4.78, 5) is 24.8. The molecule has 2 rings (SSSR count). The van der Waals surface area contributed by atoms with Crippen LogP contribution in [0.4, 0.5) is 0 Å². The summed E-state index contributed by atoms with van der Waals surface area (Å²) in [6, 6.07) is 9.48. The van der Waals surface area contributed by atoms with E-state index >= 15 is 0 Å². The molecule has 6 nitrogen and oxygen atoms in total. The lowest BCUT2D eigenvalue weighted by Gasteiger charge is -2.24. The number of carboxylic acids is 1. The lowest BCUT2D eigenvalue weighted by Crippen LogP contribution is -2.49. The van der Waals surface area contributed by atoms with E-state index in [0.717, 1.165) is 5.56 Å². The van der Waals surface area contributed by atoms with Crippen molar-refractivity contribution in [3.63, 3.8) is 0 Å². The summed E-state index contributed by atoms with van der Waals surface area (Å²) in [5, 5.41) is 15.6. The zero-order valence-corrected chi connectivity index (χ0v) is 17.1. The maximum atomic E-state index is 11.4. The summed E-state index contributed by atoms with van der Waals surface area (Å²) >= 11 is 0. The second kappa shape index (κ2) is 12.7. The van der Waals surface area contributed by atoms with Crippen molar-refractivity contribution in [2.45, 2.75) is 32.0 Å². The van der Waals surface area contributed by atoms with E-state index in [1.807, 2.05) is 41.3 Å². The van der Waals surface area contributed by atoms with Gasteiger partial charge in [-0.25, -0.2) is 0 Å². The van der Waals surface area contributed by atoms with E-state index in [4.69, 9.17) is 0 Å². The van der Waals surface area contributed by atoms with E-state index in [2.05, 4.69) is 17.2 Å². The number of amides is 1. The van der Waals surface area contributed by atoms with Gasteiger partial charge in [-0.05, 0) is 17.9 Å². The van der Waals surface area contributed by atoms with E-state index in [0.29, 0.717) is 32.5 Å². The van der Waals surface area contributed by atoms with Gasteiger partial charge in [-0.15, -0.1) is 31.4 Å². The van der Waals surface area contributed by atoms with Gasteiger partial charge >= 0.3 is 5.97 Å². The minimum absolute atomic E-state index is 0. The normalized spacial score (nSPS) is 20.0. The van der Waals surface area contributed by atoms with Crippen LogP contribution in [0.2, 0.25) is 0 Å². The van der Waals surface area contributed by atoms with E-state index in [1.165, 1.54) is 6.92 Å². The molecule has 0 spiro atoms. The number of carbonyl (C=O) groups excluding carboxylic acids is 1. The van der Waals surface area contributed by atoms with Crippen LogP contribution in [0.15, 0.2) is 43.0 Å². The van der Waals surface area contributed by atoms with E-state index in [1.54, 1.807) is 0 Å². The zero-order valence-electron chi connectivity index (χ0n) is 15.5. The molecule has 0 aromatic heterocycles. The number of hydrogen-bond donors (Lipinski definition) is 3. The first kappa shape index (κ1) is 25.4. The largest absolute Gasteiger partial charge is 0.480 e. The first-order valence-electron chi connectivity index (χ1n) is 8.63. The highest BCUT2D eigenvalue weighted by Crippen LogP contribution is 2.23. The van der Waals surface area contributed by atoms with Crippen LogP contribution in [0.3, 0.4) is 0 Å². The van der Waals surface area contributed by atoms with Gasteiger partial charge in [0.1, 0.15) is 6.04 Å². The number of nitrogens with zero attached hydrogens (tertiary/aromatic N) is 1. The summed E-state index contributed by atoms with van der Waals surface area (Å²) in [6.07, 6.45) is 2.94. The molecule has 1 aliphatic heterocycles. The van der Waals surface area contributed by atoms with Crippen molar-refractivity contribution in [1.29, 1.82) is 0 Å². The molecule has 1 aliphatic rings. The average Bonchev–Trinajstić information content (AvgIpc) is 2.99. The third-order valence-electron chi connectivity index (χ3n) is 4.50. The molecule has 1 aromatic rings. The molecule has 0 radical (unpaired) electrons. The number of nitrogens with one attached hydrogen (secondary N) is 2. The summed E-state index contributed by atoms with van der Waals surface area (Å²) < 4.78 is 0. The molecule has 3 atom stereocenters. The van der Waals surface area contributed by atoms with Gasteiger partial charge in [0.05, 0.1) is 6.17 Å². The Morgan fingerprint density at radius 1 is 1.33 bits per heavy atom. The van der Waals surface area contributed by atoms with Crippen LogP contribution in [-0.4, -0.2) is 53.7 Å². The topological polar surface area (TPSA) is 81.7 Å². The summed E-state index contributed by atoms with van der Waals surface area (Å²) in [5.41, 5.74) is 1.13. The standard InChI is InChI=1S/C19H27N3O3.2ClH/c1-3-15-11-17(19(24)25)22(13-15)10-9-20-18(21-14(2)23)12-16-7-5-4-6-8-16;;/h3-8,15,17-18,20H,1,9-13H2,2H3,(H,21,23)(H,24,25);2*1H/t15-,17-,18?;;/m1../s1. The van der Waals surface area contributed by atoms with E-state index < -0.39 is 12.0 Å². The lowest BCUT2D eigenvalue weighted by molar-refractivity contribution is -0.142. The van der Waals surface area contributed by atoms with Crippen molar-refractivity contribution in [1.82, 2.24) is 15.5 Å². The smallest absolute Gasteiger partial charge is 0.320 e. The predicted molar refractivity (Wildman–Crippen MR) is 112 cm³/mol. The number of hydrogen-bond acceptors (Lipinski definition) is 4. The zero-order chi connectivity index (χ0) is 18.2. The average molecular weight is 418 g/mol. The van der Waals surface area contributed by atoms with Crippen LogP contribution in [0.1, 0.15) is 18.9 Å². The number of carboxylic acid groups (broad SMARTS) is 1. The Bertz CT molecular complexity index is 601. The van der Waals surface area contributed by atoms with Gasteiger partial charge in [-0.3, -0.25) is 19.8 Å². The first-order chi connectivity index (χ1) is 12.0. The molecule has 27 heavy (non-hydrogen) atoms. The highest BCUT2D eigenvalue weighted by Gasteiger charge is 2.35. The Morgan fingerprint density at radius 3 is 2.56 bits per heavy atom. The molecule has 3 N–H and O–H groups in total. The second-order valence-electron chi connectivity index (χ2n) is 6.48. The first-order valence-corrected chi connectivity index (χ1v) is 8.63. The molecular formula is C19H29Cl2N3O3. The number of carbonyl (C=O) groups is 2. The molecule has 8 heteroatoms. The van der Waals surface area contributed by atoms with Crippen LogP contribution in [-0.2, 0) is 16.0 Å². The Hall–Kier alpha value is -1.60. The molecule has 1 fully saturated rings. The van der Waals surface area contributed by atoms with Crippen molar-refractivity contribution in [3.8, 4) is 0 Å². The SMILES string of the molecule is C=C[C@@H]1C[C@H](C(=O)O)N(CCNC(Cc2ccccc2)NC(C)=O)C1.Cl.Cl. The van der Waals surface area contributed by atoms with Crippen LogP contribution in [0.5, 0.6) is 0 Å². The highest BCUT2D eigenvalue weighted by atomic mass is 35.5. The third-order valence-corrected chi connectivity index (χ3v) is 4.50. The van der Waals surface area contributed by atoms with Crippen molar-refractivity contribution >= 4 is 36.7 Å². The van der Waals surface area contributed by atoms with Gasteiger partial charge in [-0.2, -0.15) is 0 Å². The molecule has 1 unspecified atom stereocenters. The Morgan fingerprint density at radius 2 is 2.00 bits per heavy atom. The Kier molecular flexibility index (Phi) is 12.0. The summed E-state index contributed by atoms with van der Waals surface area (Å²) in [6.45, 7) is 7.21. The quantitative estimate of drug-likeness (QED) is 0.423. The number of halogens is 2. The van der Waals surface area contributed by atoms with Crippen molar-refractivity contribution < 1.29 is 14.7 Å². The van der Waals surface area contributed by atoms with Crippen LogP contribution >= 0.6 is 24.8 Å². The van der Waals surface area contributed by atoms with Gasteiger partial charge in [0, 0.05) is 33.0 Å². The summed E-state index contributed by atoms with van der Waals surface area (Å²) in [7, 11) is 0. The van der Waals surface area contributed by atoms with Crippen LogP contribution < -0.4 is 10.6 Å². The van der Waals surface area contributed by atoms with Gasteiger partial charge in [-0.1, -0.05) is 36.4 Å². The Labute approximate surface area is 173 Å². The molecule has 0 saturated carbocycles. The fraction of sp³-hybridized carbons (Fsp3) is 0.474. The highest BCUT2D eigenvalue weighted by molar-refractivity contribution is 5.85.